The molecule has 34 atom stereocenters. The zero-order valence-electron chi connectivity index (χ0n) is 47.6. The highest BCUT2D eigenvalue weighted by molar-refractivity contribution is 5.87. The molecule has 0 spiro atoms. The monoisotopic (exact) mass is 1210 g/mol. The molecule has 6 aliphatic heterocycles. The average Bonchev–Trinajstić information content (AvgIpc) is 1.53. The maximum absolute atomic E-state index is 14.8. The molecule has 10 aliphatic rings. The minimum atomic E-state index is -2.02. The lowest BCUT2D eigenvalue weighted by Crippen LogP contribution is -2.67. The van der Waals surface area contributed by atoms with E-state index in [0.29, 0.717) is 38.0 Å². The minimum absolute atomic E-state index is 0.00960. The zero-order chi connectivity index (χ0) is 60.6. The van der Waals surface area contributed by atoms with Crippen LogP contribution in [0.15, 0.2) is 11.3 Å². The summed E-state index contributed by atoms with van der Waals surface area (Å²) in [6.45, 7) is 5.06. The van der Waals surface area contributed by atoms with Crippen molar-refractivity contribution in [3.63, 3.8) is 0 Å². The van der Waals surface area contributed by atoms with Gasteiger partial charge < -0.3 is 134 Å². The molecule has 0 aromatic heterocycles. The van der Waals surface area contributed by atoms with Crippen molar-refractivity contribution >= 4 is 5.78 Å². The molecule has 0 amide bonds. The number of Topliss-reactive ketones (excluding diaryl/α,β-unsaturated/α-hetero) is 1. The molecule has 0 radical (unpaired) electrons. The molecule has 16 N–H and O–H groups in total. The Morgan fingerprint density at radius 1 is 0.571 bits per heavy atom. The summed E-state index contributed by atoms with van der Waals surface area (Å²) in [5.41, 5.74) is 0.296. The van der Waals surface area contributed by atoms with Crippen LogP contribution < -0.4 is 0 Å². The van der Waals surface area contributed by atoms with E-state index in [-0.39, 0.29) is 53.5 Å². The highest BCUT2D eigenvalue weighted by Gasteiger charge is 2.68. The predicted molar refractivity (Wildman–Crippen MR) is 277 cm³/mol. The molecule has 10 rings (SSSR count). The Labute approximate surface area is 485 Å². The summed E-state index contributed by atoms with van der Waals surface area (Å²) in [6.07, 6.45) is -34.3. The van der Waals surface area contributed by atoms with Crippen molar-refractivity contribution in [3.05, 3.63) is 11.3 Å². The van der Waals surface area contributed by atoms with E-state index < -0.39 is 192 Å². The van der Waals surface area contributed by atoms with Gasteiger partial charge in [0.1, 0.15) is 128 Å². The number of ketones is 1. The Kier molecular flexibility index (Phi) is 20.3. The maximum atomic E-state index is 14.8. The van der Waals surface area contributed by atoms with Gasteiger partial charge >= 0.3 is 0 Å². The van der Waals surface area contributed by atoms with Gasteiger partial charge in [-0.2, -0.15) is 0 Å². The van der Waals surface area contributed by atoms with Crippen molar-refractivity contribution in [1.82, 2.24) is 0 Å². The Morgan fingerprint density at radius 2 is 1.13 bits per heavy atom. The number of rotatable bonds is 18. The normalized spacial score (nSPS) is 52.7. The molecule has 482 valence electrons. The van der Waals surface area contributed by atoms with Crippen molar-refractivity contribution in [3.8, 4) is 0 Å². The van der Waals surface area contributed by atoms with Gasteiger partial charge in [-0.3, -0.25) is 4.79 Å². The lowest BCUT2D eigenvalue weighted by Gasteiger charge is -2.60. The van der Waals surface area contributed by atoms with Crippen LogP contribution in [0.25, 0.3) is 0 Å². The van der Waals surface area contributed by atoms with Gasteiger partial charge in [0, 0.05) is 24.2 Å². The fourth-order valence-corrected chi connectivity index (χ4v) is 16.1. The van der Waals surface area contributed by atoms with E-state index in [1.165, 1.54) is 0 Å². The van der Waals surface area contributed by atoms with Crippen LogP contribution in [0.5, 0.6) is 0 Å². The molecule has 4 aliphatic carbocycles. The lowest BCUT2D eigenvalue weighted by atomic mass is 9.44. The Balaban J connectivity index is 0.734. The van der Waals surface area contributed by atoms with Gasteiger partial charge in [0.05, 0.1) is 51.5 Å². The first-order valence-electron chi connectivity index (χ1n) is 29.9. The van der Waals surface area contributed by atoms with E-state index in [2.05, 4.69) is 20.8 Å². The molecule has 84 heavy (non-hydrogen) atoms. The number of ether oxygens (including phenoxy) is 11. The van der Waals surface area contributed by atoms with Gasteiger partial charge in [0.25, 0.3) is 0 Å². The molecule has 28 heteroatoms. The largest absolute Gasteiger partial charge is 0.494 e. The van der Waals surface area contributed by atoms with Crippen molar-refractivity contribution in [2.45, 2.75) is 245 Å². The average molecular weight is 1210 g/mol. The smallest absolute Gasteiger partial charge is 0.187 e. The van der Waals surface area contributed by atoms with E-state index in [0.717, 1.165) is 37.0 Å². The van der Waals surface area contributed by atoms with Crippen molar-refractivity contribution in [1.29, 1.82) is 0 Å². The minimum Gasteiger partial charge on any atom is -0.494 e. The van der Waals surface area contributed by atoms with Crippen LogP contribution in [-0.4, -0.2) is 287 Å². The fourth-order valence-electron chi connectivity index (χ4n) is 16.1. The molecule has 0 aromatic rings. The number of carbonyl (C=O) groups is 1. The van der Waals surface area contributed by atoms with Crippen molar-refractivity contribution in [2.75, 3.05) is 39.6 Å². The van der Waals surface area contributed by atoms with Crippen LogP contribution in [0.1, 0.15) is 85.5 Å². The molecule has 0 bridgehead atoms. The molecular formula is C56H90O28. The first-order valence-corrected chi connectivity index (χ1v) is 29.9. The zero-order valence-corrected chi connectivity index (χ0v) is 47.6. The van der Waals surface area contributed by atoms with Gasteiger partial charge in [-0.15, -0.1) is 0 Å². The molecule has 5 saturated heterocycles. The molecule has 0 aromatic carbocycles. The third-order valence-corrected chi connectivity index (χ3v) is 21.1. The van der Waals surface area contributed by atoms with Crippen LogP contribution in [-0.2, 0) is 56.9 Å². The van der Waals surface area contributed by atoms with Crippen LogP contribution in [0.3, 0.4) is 0 Å². The summed E-state index contributed by atoms with van der Waals surface area (Å²) in [7, 11) is 0. The standard InChI is InChI=1S/C56H90O28/c1-20(18-74-50-43(70)40(67)37(64)30(14-57)78-50)5-8-28-21(2)35-29(77-28)12-26-24-7-6-22-11-23(9-10-55(22,3)25(24)13-34(62)56(26,35)4)76-51-45(72)42(69)47(33(17-60)81-51)82-53-46(73)48(39(66)32(16-59)80-53)83-54-49(36(63)27(61)19-75-54)84-52-44(71)41(68)38(65)31(15-58)79-52/h20,22-27,29-33,35-54,57-61,63-73H,5-19H2,1-4H3. The van der Waals surface area contributed by atoms with Gasteiger partial charge in [-0.25, -0.2) is 0 Å². The van der Waals surface area contributed by atoms with Crippen molar-refractivity contribution < 1.29 is 139 Å². The Morgan fingerprint density at radius 3 is 1.79 bits per heavy atom. The quantitative estimate of drug-likeness (QED) is 0.0570. The second-order valence-electron chi connectivity index (χ2n) is 25.9. The summed E-state index contributed by atoms with van der Waals surface area (Å²) in [6, 6.07) is 0. The molecule has 4 saturated carbocycles. The number of hydrogen-bond acceptors (Lipinski definition) is 28. The molecule has 28 nitrogen and oxygen atoms in total. The summed E-state index contributed by atoms with van der Waals surface area (Å²) in [5.74, 6) is 1.76. The molecule has 9 fully saturated rings. The van der Waals surface area contributed by atoms with Gasteiger partial charge in [0.2, 0.25) is 0 Å². The first-order chi connectivity index (χ1) is 39.9. The van der Waals surface area contributed by atoms with Crippen LogP contribution in [0, 0.1) is 46.3 Å². The summed E-state index contributed by atoms with van der Waals surface area (Å²) >= 11 is 0. The van der Waals surface area contributed by atoms with Crippen LogP contribution in [0.2, 0.25) is 0 Å². The first kappa shape index (κ1) is 65.1. The molecule has 34 unspecified atom stereocenters. The lowest BCUT2D eigenvalue weighted by molar-refractivity contribution is -0.390. The second kappa shape index (κ2) is 26.2. The second-order valence-corrected chi connectivity index (χ2v) is 25.9. The van der Waals surface area contributed by atoms with Gasteiger partial charge in [0.15, 0.2) is 31.5 Å². The topological polar surface area (TPSA) is 442 Å². The highest BCUT2D eigenvalue weighted by Crippen LogP contribution is 2.69. The van der Waals surface area contributed by atoms with E-state index in [1.54, 1.807) is 0 Å². The van der Waals surface area contributed by atoms with E-state index in [4.69, 9.17) is 52.1 Å². The number of allylic oxidation sites excluding steroid dienone is 1. The molecular weight excluding hydrogens is 1120 g/mol. The maximum Gasteiger partial charge on any atom is 0.187 e. The number of aliphatic hydroxyl groups is 16. The summed E-state index contributed by atoms with van der Waals surface area (Å²) in [5, 5.41) is 170. The third-order valence-electron chi connectivity index (χ3n) is 21.1. The van der Waals surface area contributed by atoms with E-state index in [1.807, 2.05) is 6.92 Å². The van der Waals surface area contributed by atoms with Crippen molar-refractivity contribution in [2.24, 2.45) is 46.3 Å². The van der Waals surface area contributed by atoms with E-state index >= 15 is 0 Å². The van der Waals surface area contributed by atoms with Crippen LogP contribution >= 0.6 is 0 Å². The summed E-state index contributed by atoms with van der Waals surface area (Å²) in [4.78, 5) is 14.8. The SMILES string of the molecule is CC1=C(CCC(C)COC2OC(CO)C(O)C(O)C2O)OC2CC3C4CCC5CC(OC6OC(CO)C(OC7OC(CO)C(O)C(OC8OCC(O)C(O)C8OC8OC(CO)C(O)C(O)C8O)C7O)C(O)C6O)CCC5(C)C4CC(=O)C3(C)C12. The Hall–Kier alpha value is -1.83. The number of fused-ring (bicyclic) bond motifs is 7. The number of hydrogen-bond donors (Lipinski definition) is 16. The Bertz CT molecular complexity index is 2250. The fraction of sp³-hybridized carbons (Fsp3) is 0.946. The summed E-state index contributed by atoms with van der Waals surface area (Å²) < 4.78 is 64.9. The molecule has 6 heterocycles. The number of aliphatic hydroxyl groups excluding tert-OH is 16. The third kappa shape index (κ3) is 11.8. The van der Waals surface area contributed by atoms with Crippen LogP contribution in [0.4, 0.5) is 0 Å². The predicted octanol–water partition coefficient (Wildman–Crippen LogP) is -5.36. The van der Waals surface area contributed by atoms with E-state index in [9.17, 15) is 86.5 Å². The van der Waals surface area contributed by atoms with Gasteiger partial charge in [-0.1, -0.05) is 20.8 Å². The van der Waals surface area contributed by atoms with Gasteiger partial charge in [-0.05, 0) is 92.4 Å². The highest BCUT2D eigenvalue weighted by atomic mass is 16.8. The number of carbonyl (C=O) groups excluding carboxylic acids is 1.